The van der Waals surface area contributed by atoms with E-state index in [0.29, 0.717) is 11.6 Å². The van der Waals surface area contributed by atoms with Gasteiger partial charge >= 0.3 is 0 Å². The largest absolute Gasteiger partial charge is 0.384 e. The zero-order chi connectivity index (χ0) is 13.8. The average Bonchev–Trinajstić information content (AvgIpc) is 2.86. The van der Waals surface area contributed by atoms with Gasteiger partial charge in [0.2, 0.25) is 0 Å². The number of pyridine rings is 1. The van der Waals surface area contributed by atoms with Crippen LogP contribution in [0.4, 0.5) is 5.82 Å². The molecule has 3 N–H and O–H groups in total. The SMILES string of the molecule is CCc1ccsc1CNC(=O)c1nc(N)ccc1Cl. The van der Waals surface area contributed by atoms with Crippen molar-refractivity contribution in [1.82, 2.24) is 10.3 Å². The highest BCUT2D eigenvalue weighted by Crippen LogP contribution is 2.18. The number of hydrogen-bond acceptors (Lipinski definition) is 4. The van der Waals surface area contributed by atoms with Crippen molar-refractivity contribution in [3.05, 3.63) is 44.7 Å². The number of amides is 1. The minimum absolute atomic E-state index is 0.163. The third kappa shape index (κ3) is 3.24. The second-order valence-corrected chi connectivity index (χ2v) is 5.38. The molecule has 0 bridgehead atoms. The van der Waals surface area contributed by atoms with Gasteiger partial charge in [-0.3, -0.25) is 4.79 Å². The Kier molecular flexibility index (Phi) is 4.39. The Morgan fingerprint density at radius 2 is 2.26 bits per heavy atom. The van der Waals surface area contributed by atoms with E-state index in [9.17, 15) is 4.79 Å². The maximum absolute atomic E-state index is 12.0. The molecule has 19 heavy (non-hydrogen) atoms. The topological polar surface area (TPSA) is 68.0 Å². The van der Waals surface area contributed by atoms with Gasteiger partial charge in [-0.1, -0.05) is 18.5 Å². The van der Waals surface area contributed by atoms with E-state index in [0.717, 1.165) is 11.3 Å². The lowest BCUT2D eigenvalue weighted by Crippen LogP contribution is -2.24. The summed E-state index contributed by atoms with van der Waals surface area (Å²) in [6, 6.07) is 5.20. The van der Waals surface area contributed by atoms with Crippen LogP contribution in [-0.4, -0.2) is 10.9 Å². The highest BCUT2D eigenvalue weighted by atomic mass is 35.5. The number of hydrogen-bond donors (Lipinski definition) is 2. The van der Waals surface area contributed by atoms with Crippen molar-refractivity contribution in [2.75, 3.05) is 5.73 Å². The Balaban J connectivity index is 2.07. The van der Waals surface area contributed by atoms with E-state index >= 15 is 0 Å². The fraction of sp³-hybridized carbons (Fsp3) is 0.231. The molecule has 0 atom stereocenters. The maximum Gasteiger partial charge on any atom is 0.271 e. The lowest BCUT2D eigenvalue weighted by molar-refractivity contribution is 0.0946. The van der Waals surface area contributed by atoms with Gasteiger partial charge in [-0.2, -0.15) is 0 Å². The van der Waals surface area contributed by atoms with Gasteiger partial charge in [0.25, 0.3) is 5.91 Å². The van der Waals surface area contributed by atoms with Crippen molar-refractivity contribution in [3.63, 3.8) is 0 Å². The van der Waals surface area contributed by atoms with Gasteiger partial charge in [-0.15, -0.1) is 11.3 Å². The lowest BCUT2D eigenvalue weighted by atomic mass is 10.2. The summed E-state index contributed by atoms with van der Waals surface area (Å²) >= 11 is 7.56. The van der Waals surface area contributed by atoms with Crippen LogP contribution in [-0.2, 0) is 13.0 Å². The standard InChI is InChI=1S/C13H14ClN3OS/c1-2-8-5-6-19-10(8)7-16-13(18)12-9(14)3-4-11(15)17-12/h3-6H,2,7H2,1H3,(H2,15,17)(H,16,18). The van der Waals surface area contributed by atoms with Crippen LogP contribution in [0.15, 0.2) is 23.6 Å². The first kappa shape index (κ1) is 13.8. The van der Waals surface area contributed by atoms with Crippen LogP contribution >= 0.6 is 22.9 Å². The van der Waals surface area contributed by atoms with Crippen LogP contribution in [0.1, 0.15) is 27.9 Å². The summed E-state index contributed by atoms with van der Waals surface area (Å²) in [7, 11) is 0. The van der Waals surface area contributed by atoms with Crippen LogP contribution in [0.25, 0.3) is 0 Å². The van der Waals surface area contributed by atoms with Gasteiger partial charge in [0.1, 0.15) is 11.5 Å². The number of carbonyl (C=O) groups excluding carboxylic acids is 1. The van der Waals surface area contributed by atoms with E-state index < -0.39 is 0 Å². The number of aromatic nitrogens is 1. The zero-order valence-corrected chi connectivity index (χ0v) is 12.0. The number of carbonyl (C=O) groups is 1. The lowest BCUT2D eigenvalue weighted by Gasteiger charge is -2.07. The molecule has 2 heterocycles. The van der Waals surface area contributed by atoms with Crippen molar-refractivity contribution in [1.29, 1.82) is 0 Å². The highest BCUT2D eigenvalue weighted by molar-refractivity contribution is 7.10. The molecule has 2 rings (SSSR count). The first-order valence-electron chi connectivity index (χ1n) is 5.87. The van der Waals surface area contributed by atoms with Crippen LogP contribution in [0, 0.1) is 0 Å². The summed E-state index contributed by atoms with van der Waals surface area (Å²) in [5, 5.41) is 5.13. The smallest absolute Gasteiger partial charge is 0.271 e. The van der Waals surface area contributed by atoms with Gasteiger partial charge in [0.05, 0.1) is 11.6 Å². The normalized spacial score (nSPS) is 10.4. The Hall–Kier alpha value is -1.59. The van der Waals surface area contributed by atoms with Crippen molar-refractivity contribution in [2.24, 2.45) is 0 Å². The fourth-order valence-electron chi connectivity index (χ4n) is 1.70. The van der Waals surface area contributed by atoms with Crippen molar-refractivity contribution in [2.45, 2.75) is 19.9 Å². The van der Waals surface area contributed by atoms with Gasteiger partial charge < -0.3 is 11.1 Å². The van der Waals surface area contributed by atoms with E-state index in [1.165, 1.54) is 5.56 Å². The number of thiophene rings is 1. The Labute approximate surface area is 120 Å². The molecule has 0 saturated heterocycles. The molecule has 0 aliphatic rings. The molecule has 100 valence electrons. The molecule has 0 saturated carbocycles. The molecule has 0 aliphatic heterocycles. The Morgan fingerprint density at radius 1 is 1.47 bits per heavy atom. The maximum atomic E-state index is 12.0. The summed E-state index contributed by atoms with van der Waals surface area (Å²) in [4.78, 5) is 17.1. The number of rotatable bonds is 4. The molecule has 0 aliphatic carbocycles. The number of nitrogens with two attached hydrogens (primary N) is 1. The molecule has 0 aromatic carbocycles. The van der Waals surface area contributed by atoms with Crippen LogP contribution < -0.4 is 11.1 Å². The molecule has 2 aromatic rings. The van der Waals surface area contributed by atoms with E-state index in [1.54, 1.807) is 23.5 Å². The molecule has 0 unspecified atom stereocenters. The third-order valence-electron chi connectivity index (χ3n) is 2.71. The first-order valence-corrected chi connectivity index (χ1v) is 7.13. The van der Waals surface area contributed by atoms with Crippen molar-refractivity contribution in [3.8, 4) is 0 Å². The Bertz CT molecular complexity index is 597. The summed E-state index contributed by atoms with van der Waals surface area (Å²) in [6.07, 6.45) is 0.950. The zero-order valence-electron chi connectivity index (χ0n) is 10.4. The van der Waals surface area contributed by atoms with Crippen LogP contribution in [0.5, 0.6) is 0 Å². The predicted octanol–water partition coefficient (Wildman–Crippen LogP) is 2.87. The van der Waals surface area contributed by atoms with Gasteiger partial charge in [0.15, 0.2) is 0 Å². The van der Waals surface area contributed by atoms with Gasteiger partial charge in [0, 0.05) is 4.88 Å². The monoisotopic (exact) mass is 295 g/mol. The summed E-state index contributed by atoms with van der Waals surface area (Å²) < 4.78 is 0. The third-order valence-corrected chi connectivity index (χ3v) is 3.98. The summed E-state index contributed by atoms with van der Waals surface area (Å²) in [6.45, 7) is 2.57. The number of anilines is 1. The minimum Gasteiger partial charge on any atom is -0.384 e. The number of halogens is 1. The Morgan fingerprint density at radius 3 is 3.00 bits per heavy atom. The second kappa shape index (κ2) is 6.04. The number of nitrogens with zero attached hydrogens (tertiary/aromatic N) is 1. The molecule has 0 spiro atoms. The predicted molar refractivity (Wildman–Crippen MR) is 78.5 cm³/mol. The second-order valence-electron chi connectivity index (χ2n) is 3.97. The van der Waals surface area contributed by atoms with Crippen molar-refractivity contribution < 1.29 is 4.79 Å². The van der Waals surface area contributed by atoms with E-state index in [-0.39, 0.29) is 17.4 Å². The van der Waals surface area contributed by atoms with Crippen LogP contribution in [0.3, 0.4) is 0 Å². The summed E-state index contributed by atoms with van der Waals surface area (Å²) in [5.74, 6) is -0.0346. The molecule has 2 aromatic heterocycles. The van der Waals surface area contributed by atoms with E-state index in [4.69, 9.17) is 17.3 Å². The molecule has 0 radical (unpaired) electrons. The fourth-order valence-corrected chi connectivity index (χ4v) is 2.80. The average molecular weight is 296 g/mol. The van der Waals surface area contributed by atoms with Crippen LogP contribution in [0.2, 0.25) is 5.02 Å². The molecule has 1 amide bonds. The van der Waals surface area contributed by atoms with Crippen molar-refractivity contribution >= 4 is 34.7 Å². The number of nitrogens with one attached hydrogen (secondary N) is 1. The van der Waals surface area contributed by atoms with E-state index in [2.05, 4.69) is 23.3 Å². The summed E-state index contributed by atoms with van der Waals surface area (Å²) in [5.41, 5.74) is 6.96. The molecular weight excluding hydrogens is 282 g/mol. The van der Waals surface area contributed by atoms with E-state index in [1.807, 2.05) is 5.38 Å². The quantitative estimate of drug-likeness (QED) is 0.911. The first-order chi connectivity index (χ1) is 9.11. The number of aryl methyl sites for hydroxylation is 1. The molecule has 0 fully saturated rings. The minimum atomic E-state index is -0.312. The molecule has 4 nitrogen and oxygen atoms in total. The van der Waals surface area contributed by atoms with Gasteiger partial charge in [-0.05, 0) is 35.6 Å². The molecule has 6 heteroatoms. The van der Waals surface area contributed by atoms with Gasteiger partial charge in [-0.25, -0.2) is 4.98 Å². The number of nitrogen functional groups attached to an aromatic ring is 1. The highest BCUT2D eigenvalue weighted by Gasteiger charge is 2.13. The molecular formula is C13H14ClN3OS.